The van der Waals surface area contributed by atoms with Gasteiger partial charge >= 0.3 is 0 Å². The number of hydrogen-bond donors (Lipinski definition) is 3. The predicted octanol–water partition coefficient (Wildman–Crippen LogP) is 1.27. The van der Waals surface area contributed by atoms with Crippen LogP contribution in [0.1, 0.15) is 35.2 Å². The van der Waals surface area contributed by atoms with Gasteiger partial charge in [-0.25, -0.2) is 0 Å². The van der Waals surface area contributed by atoms with Crippen molar-refractivity contribution < 1.29 is 9.90 Å². The van der Waals surface area contributed by atoms with E-state index in [0.717, 1.165) is 24.8 Å². The number of amides is 1. The molecule has 1 heterocycles. The van der Waals surface area contributed by atoms with Crippen LogP contribution in [0.15, 0.2) is 18.2 Å². The number of aryl methyl sites for hydroxylation is 1. The van der Waals surface area contributed by atoms with Crippen LogP contribution in [-0.4, -0.2) is 35.1 Å². The molecule has 0 radical (unpaired) electrons. The Morgan fingerprint density at radius 2 is 2.32 bits per heavy atom. The largest absolute Gasteiger partial charge is 0.394 e. The van der Waals surface area contributed by atoms with Crippen LogP contribution in [0.3, 0.4) is 0 Å². The van der Waals surface area contributed by atoms with Gasteiger partial charge < -0.3 is 15.4 Å². The first-order chi connectivity index (χ1) is 9.17. The lowest BCUT2D eigenvalue weighted by Crippen LogP contribution is -2.45. The molecule has 1 unspecified atom stereocenters. The molecule has 1 aliphatic heterocycles. The Kier molecular flexibility index (Phi) is 4.39. The van der Waals surface area contributed by atoms with Crippen LogP contribution in [-0.2, 0) is 0 Å². The number of benzene rings is 1. The highest BCUT2D eigenvalue weighted by Gasteiger charge is 2.28. The summed E-state index contributed by atoms with van der Waals surface area (Å²) in [6.45, 7) is 2.65. The van der Waals surface area contributed by atoms with Crippen molar-refractivity contribution in [3.63, 3.8) is 0 Å². The fraction of sp³-hybridized carbons (Fsp3) is 0.500. The molecule has 1 amide bonds. The molecule has 1 fully saturated rings. The highest BCUT2D eigenvalue weighted by Crippen LogP contribution is 2.23. The normalized spacial score (nSPS) is 19.3. The van der Waals surface area contributed by atoms with Crippen LogP contribution in [0.5, 0.6) is 0 Å². The molecule has 1 aromatic rings. The van der Waals surface area contributed by atoms with E-state index in [1.807, 2.05) is 19.1 Å². The predicted molar refractivity (Wildman–Crippen MR) is 74.8 cm³/mol. The zero-order valence-electron chi connectivity index (χ0n) is 11.2. The van der Waals surface area contributed by atoms with Crippen molar-refractivity contribution in [2.24, 2.45) is 5.84 Å². The summed E-state index contributed by atoms with van der Waals surface area (Å²) < 4.78 is 0. The summed E-state index contributed by atoms with van der Waals surface area (Å²) in [6, 6.07) is 5.47. The van der Waals surface area contributed by atoms with Gasteiger partial charge in [0.1, 0.15) is 0 Å². The summed E-state index contributed by atoms with van der Waals surface area (Å²) in [5, 5.41) is 9.40. The van der Waals surface area contributed by atoms with E-state index >= 15 is 0 Å². The van der Waals surface area contributed by atoms with Crippen LogP contribution in [0.25, 0.3) is 0 Å². The van der Waals surface area contributed by atoms with Crippen LogP contribution in [0, 0.1) is 6.92 Å². The average molecular weight is 263 g/mol. The molecular formula is C14H21N3O2. The molecule has 1 aromatic carbocycles. The van der Waals surface area contributed by atoms with Crippen molar-refractivity contribution >= 4 is 11.6 Å². The van der Waals surface area contributed by atoms with E-state index in [1.54, 1.807) is 11.0 Å². The number of nitrogens with one attached hydrogen (secondary N) is 1. The van der Waals surface area contributed by atoms with Crippen molar-refractivity contribution in [3.05, 3.63) is 29.3 Å². The monoisotopic (exact) mass is 263 g/mol. The Morgan fingerprint density at radius 1 is 1.53 bits per heavy atom. The maximum atomic E-state index is 12.6. The highest BCUT2D eigenvalue weighted by atomic mass is 16.3. The molecule has 1 saturated heterocycles. The van der Waals surface area contributed by atoms with Crippen molar-refractivity contribution in [1.82, 2.24) is 4.90 Å². The zero-order valence-corrected chi connectivity index (χ0v) is 11.2. The number of hydrazine groups is 1. The van der Waals surface area contributed by atoms with Gasteiger partial charge in [-0.2, -0.15) is 0 Å². The maximum absolute atomic E-state index is 12.6. The Labute approximate surface area is 113 Å². The molecular weight excluding hydrogens is 242 g/mol. The van der Waals surface area contributed by atoms with Crippen molar-refractivity contribution in [3.8, 4) is 0 Å². The minimum atomic E-state index is -0.0765. The van der Waals surface area contributed by atoms with Crippen molar-refractivity contribution in [2.45, 2.75) is 32.2 Å². The van der Waals surface area contributed by atoms with E-state index in [0.29, 0.717) is 17.8 Å². The number of piperidine rings is 1. The molecule has 0 aromatic heterocycles. The van der Waals surface area contributed by atoms with Gasteiger partial charge in [0.25, 0.3) is 5.91 Å². The standard InChI is InChI=1S/C14H21N3O2/c1-10-5-6-13(16-15)12(8-10)14(19)17-7-3-2-4-11(17)9-18/h5-6,8,11,16,18H,2-4,7,9,15H2,1H3. The fourth-order valence-corrected chi connectivity index (χ4v) is 2.57. The van der Waals surface area contributed by atoms with E-state index < -0.39 is 0 Å². The molecule has 1 atom stereocenters. The first-order valence-corrected chi connectivity index (χ1v) is 6.66. The summed E-state index contributed by atoms with van der Waals surface area (Å²) in [7, 11) is 0. The van der Waals surface area contributed by atoms with Gasteiger partial charge in [-0.3, -0.25) is 10.6 Å². The van der Waals surface area contributed by atoms with Crippen LogP contribution in [0.2, 0.25) is 0 Å². The van der Waals surface area contributed by atoms with E-state index in [1.165, 1.54) is 0 Å². The number of nitrogens with zero attached hydrogens (tertiary/aromatic N) is 1. The summed E-state index contributed by atoms with van der Waals surface area (Å²) >= 11 is 0. The van der Waals surface area contributed by atoms with E-state index in [4.69, 9.17) is 5.84 Å². The number of nitrogens with two attached hydrogens (primary N) is 1. The molecule has 5 heteroatoms. The summed E-state index contributed by atoms with van der Waals surface area (Å²) in [4.78, 5) is 14.4. The van der Waals surface area contributed by atoms with Gasteiger partial charge in [0.15, 0.2) is 0 Å². The quantitative estimate of drug-likeness (QED) is 0.567. The lowest BCUT2D eigenvalue weighted by atomic mass is 10.0. The number of anilines is 1. The second-order valence-corrected chi connectivity index (χ2v) is 5.02. The molecule has 2 rings (SSSR count). The van der Waals surface area contributed by atoms with Gasteiger partial charge in [0, 0.05) is 6.54 Å². The zero-order chi connectivity index (χ0) is 13.8. The Bertz CT molecular complexity index is 462. The summed E-state index contributed by atoms with van der Waals surface area (Å²) in [5.41, 5.74) is 4.77. The van der Waals surface area contributed by atoms with Gasteiger partial charge in [0.2, 0.25) is 0 Å². The lowest BCUT2D eigenvalue weighted by molar-refractivity contribution is 0.0504. The van der Waals surface area contributed by atoms with Crippen LogP contribution < -0.4 is 11.3 Å². The number of carbonyl (C=O) groups excluding carboxylic acids is 1. The Balaban J connectivity index is 2.29. The SMILES string of the molecule is Cc1ccc(NN)c(C(=O)N2CCCCC2CO)c1. The molecule has 0 saturated carbocycles. The number of aliphatic hydroxyl groups is 1. The minimum absolute atomic E-state index is 0.0168. The molecule has 0 bridgehead atoms. The average Bonchev–Trinajstić information content (AvgIpc) is 2.46. The Hall–Kier alpha value is -1.59. The second-order valence-electron chi connectivity index (χ2n) is 5.02. The van der Waals surface area contributed by atoms with Gasteiger partial charge in [0.05, 0.1) is 23.9 Å². The summed E-state index contributed by atoms with van der Waals surface area (Å²) in [5.74, 6) is 5.41. The number of rotatable bonds is 3. The maximum Gasteiger partial charge on any atom is 0.256 e. The first-order valence-electron chi connectivity index (χ1n) is 6.66. The number of aliphatic hydroxyl groups excluding tert-OH is 1. The van der Waals surface area contributed by atoms with Crippen LogP contribution >= 0.6 is 0 Å². The van der Waals surface area contributed by atoms with Gasteiger partial charge in [-0.15, -0.1) is 0 Å². The van der Waals surface area contributed by atoms with Gasteiger partial charge in [-0.05, 0) is 38.3 Å². The lowest BCUT2D eigenvalue weighted by Gasteiger charge is -2.35. The second kappa shape index (κ2) is 6.04. The molecule has 104 valence electrons. The molecule has 0 spiro atoms. The number of hydrogen-bond acceptors (Lipinski definition) is 4. The molecule has 0 aliphatic carbocycles. The molecule has 1 aliphatic rings. The number of nitrogen functional groups attached to an aromatic ring is 1. The minimum Gasteiger partial charge on any atom is -0.394 e. The van der Waals surface area contributed by atoms with Crippen molar-refractivity contribution in [2.75, 3.05) is 18.6 Å². The van der Waals surface area contributed by atoms with E-state index in [2.05, 4.69) is 5.43 Å². The third-order valence-corrected chi connectivity index (χ3v) is 3.66. The third kappa shape index (κ3) is 2.88. The first kappa shape index (κ1) is 13.8. The molecule has 19 heavy (non-hydrogen) atoms. The Morgan fingerprint density at radius 3 is 3.00 bits per heavy atom. The third-order valence-electron chi connectivity index (χ3n) is 3.66. The molecule has 4 N–H and O–H groups in total. The topological polar surface area (TPSA) is 78.6 Å². The summed E-state index contributed by atoms with van der Waals surface area (Å²) in [6.07, 6.45) is 2.91. The van der Waals surface area contributed by atoms with E-state index in [-0.39, 0.29) is 18.6 Å². The van der Waals surface area contributed by atoms with Gasteiger partial charge in [-0.1, -0.05) is 11.6 Å². The smallest absolute Gasteiger partial charge is 0.256 e. The number of likely N-dealkylation sites (tertiary alicyclic amines) is 1. The van der Waals surface area contributed by atoms with Crippen molar-refractivity contribution in [1.29, 1.82) is 0 Å². The molecule has 5 nitrogen and oxygen atoms in total. The number of carbonyl (C=O) groups is 1. The van der Waals surface area contributed by atoms with Crippen LogP contribution in [0.4, 0.5) is 5.69 Å². The fourth-order valence-electron chi connectivity index (χ4n) is 2.57. The van der Waals surface area contributed by atoms with E-state index in [9.17, 15) is 9.90 Å². The highest BCUT2D eigenvalue weighted by molar-refractivity contribution is 6.00.